The Morgan fingerprint density at radius 2 is 2.32 bits per heavy atom. The van der Waals surface area contributed by atoms with Gasteiger partial charge in [-0.15, -0.1) is 11.3 Å². The molecule has 4 heteroatoms. The lowest BCUT2D eigenvalue weighted by Gasteiger charge is -2.40. The second-order valence-corrected chi connectivity index (χ2v) is 6.69. The Balaban J connectivity index is 2.04. The monoisotopic (exact) mass is 281 g/mol. The summed E-state index contributed by atoms with van der Waals surface area (Å²) >= 11 is 1.67. The van der Waals surface area contributed by atoms with Crippen LogP contribution in [0.5, 0.6) is 0 Å². The third kappa shape index (κ3) is 3.56. The van der Waals surface area contributed by atoms with Crippen molar-refractivity contribution in [2.45, 2.75) is 57.5 Å². The van der Waals surface area contributed by atoms with Gasteiger partial charge in [0, 0.05) is 24.0 Å². The Bertz CT molecular complexity index is 365. The second-order valence-electron chi connectivity index (χ2n) is 5.97. The molecule has 1 saturated carbocycles. The number of nitrogens with two attached hydrogens (primary N) is 1. The van der Waals surface area contributed by atoms with Crippen molar-refractivity contribution in [2.75, 3.05) is 13.6 Å². The first-order valence-corrected chi connectivity index (χ1v) is 8.43. The first kappa shape index (κ1) is 14.9. The topological polar surface area (TPSA) is 42.1 Å². The Morgan fingerprint density at radius 1 is 1.47 bits per heavy atom. The molecule has 2 rings (SSSR count). The quantitative estimate of drug-likeness (QED) is 0.842. The van der Waals surface area contributed by atoms with Crippen LogP contribution < -0.4 is 5.73 Å². The van der Waals surface area contributed by atoms with E-state index in [-0.39, 0.29) is 5.54 Å². The summed E-state index contributed by atoms with van der Waals surface area (Å²) in [5, 5.41) is 2.15. The van der Waals surface area contributed by atoms with Crippen LogP contribution in [-0.2, 0) is 6.54 Å². The fourth-order valence-electron chi connectivity index (χ4n) is 3.34. The number of hydrogen-bond donors (Lipinski definition) is 1. The maximum atomic E-state index is 6.16. The van der Waals surface area contributed by atoms with Gasteiger partial charge in [-0.3, -0.25) is 4.90 Å². The van der Waals surface area contributed by atoms with Crippen LogP contribution in [0.4, 0.5) is 0 Å². The summed E-state index contributed by atoms with van der Waals surface area (Å²) in [7, 11) is 2.22. The molecule has 108 valence electrons. The number of likely N-dealkylation sites (N-methyl/N-ethyl adjacent to an activating group) is 1. The Labute approximate surface area is 121 Å². The van der Waals surface area contributed by atoms with E-state index in [2.05, 4.69) is 29.2 Å². The van der Waals surface area contributed by atoms with E-state index < -0.39 is 0 Å². The lowest BCUT2D eigenvalue weighted by atomic mass is 9.87. The summed E-state index contributed by atoms with van der Waals surface area (Å²) < 4.78 is 0. The minimum Gasteiger partial charge on any atom is -0.329 e. The fourth-order valence-corrected chi connectivity index (χ4v) is 3.89. The average molecular weight is 281 g/mol. The molecule has 2 N–H and O–H groups in total. The molecule has 1 heterocycles. The van der Waals surface area contributed by atoms with Crippen molar-refractivity contribution in [1.82, 2.24) is 9.88 Å². The molecular formula is C15H27N3S. The number of rotatable bonds is 5. The van der Waals surface area contributed by atoms with Crippen molar-refractivity contribution in [1.29, 1.82) is 0 Å². The smallest absolute Gasteiger partial charge is 0.0795 e. The zero-order chi connectivity index (χ0) is 13.7. The molecule has 1 aliphatic rings. The van der Waals surface area contributed by atoms with Gasteiger partial charge in [0.25, 0.3) is 0 Å². The first-order valence-electron chi connectivity index (χ1n) is 7.48. The molecule has 0 aromatic carbocycles. The normalized spacial score (nSPS) is 28.5. The van der Waals surface area contributed by atoms with Crippen LogP contribution >= 0.6 is 11.3 Å². The van der Waals surface area contributed by atoms with Crippen molar-refractivity contribution >= 4 is 11.3 Å². The minimum absolute atomic E-state index is 0.188. The predicted molar refractivity (Wildman–Crippen MR) is 82.2 cm³/mol. The molecule has 1 aliphatic carbocycles. The van der Waals surface area contributed by atoms with Gasteiger partial charge < -0.3 is 5.73 Å². The molecule has 1 fully saturated rings. The first-order chi connectivity index (χ1) is 9.20. The second kappa shape index (κ2) is 6.82. The number of hydrogen-bond acceptors (Lipinski definition) is 4. The summed E-state index contributed by atoms with van der Waals surface area (Å²) in [5.74, 6) is 0.904. The third-order valence-corrected chi connectivity index (χ3v) is 5.56. The molecule has 2 atom stereocenters. The highest BCUT2D eigenvalue weighted by atomic mass is 32.1. The van der Waals surface area contributed by atoms with Gasteiger partial charge in [-0.1, -0.05) is 26.2 Å². The van der Waals surface area contributed by atoms with Crippen molar-refractivity contribution in [3.63, 3.8) is 0 Å². The SMILES string of the molecule is CCC1CCCC(CN)(N(C)Cc2cscn2)CC1. The van der Waals surface area contributed by atoms with Gasteiger partial charge in [0.05, 0.1) is 11.2 Å². The van der Waals surface area contributed by atoms with Crippen LogP contribution in [0.25, 0.3) is 0 Å². The van der Waals surface area contributed by atoms with E-state index in [1.165, 1.54) is 44.2 Å². The van der Waals surface area contributed by atoms with Gasteiger partial charge in [-0.25, -0.2) is 4.98 Å². The maximum absolute atomic E-state index is 6.16. The van der Waals surface area contributed by atoms with Gasteiger partial charge >= 0.3 is 0 Å². The van der Waals surface area contributed by atoms with Crippen LogP contribution in [0.1, 0.15) is 51.1 Å². The van der Waals surface area contributed by atoms with E-state index in [1.54, 1.807) is 11.3 Å². The standard InChI is InChI=1S/C15H27N3S/c1-3-13-5-4-7-15(11-16,8-6-13)18(2)9-14-10-19-12-17-14/h10,12-13H,3-9,11,16H2,1-2H3. The summed E-state index contributed by atoms with van der Waals surface area (Å²) in [6, 6.07) is 0. The van der Waals surface area contributed by atoms with Crippen LogP contribution in [0.3, 0.4) is 0 Å². The average Bonchev–Trinajstić information content (AvgIpc) is 2.83. The van der Waals surface area contributed by atoms with Crippen LogP contribution in [-0.4, -0.2) is 29.0 Å². The molecule has 1 aromatic heterocycles. The van der Waals surface area contributed by atoms with Crippen molar-refractivity contribution in [2.24, 2.45) is 11.7 Å². The molecule has 1 aromatic rings. The number of nitrogens with zero attached hydrogens (tertiary/aromatic N) is 2. The third-order valence-electron chi connectivity index (χ3n) is 4.92. The molecule has 0 amide bonds. The summed E-state index contributed by atoms with van der Waals surface area (Å²) in [6.07, 6.45) is 7.81. The van der Waals surface area contributed by atoms with Gasteiger partial charge in [0.1, 0.15) is 0 Å². The Kier molecular flexibility index (Phi) is 5.37. The Morgan fingerprint density at radius 3 is 2.95 bits per heavy atom. The van der Waals surface area contributed by atoms with E-state index in [1.807, 2.05) is 5.51 Å². The lowest BCUT2D eigenvalue weighted by Crippen LogP contribution is -2.51. The van der Waals surface area contributed by atoms with Gasteiger partial charge in [-0.05, 0) is 32.2 Å². The molecule has 0 bridgehead atoms. The van der Waals surface area contributed by atoms with Gasteiger partial charge in [0.15, 0.2) is 0 Å². The van der Waals surface area contributed by atoms with Crippen LogP contribution in [0, 0.1) is 5.92 Å². The van der Waals surface area contributed by atoms with Crippen molar-refractivity contribution in [3.05, 3.63) is 16.6 Å². The highest BCUT2D eigenvalue weighted by Crippen LogP contribution is 2.35. The van der Waals surface area contributed by atoms with Gasteiger partial charge in [0.2, 0.25) is 0 Å². The highest BCUT2D eigenvalue weighted by Gasteiger charge is 2.35. The summed E-state index contributed by atoms with van der Waals surface area (Å²) in [5.41, 5.74) is 9.45. The van der Waals surface area contributed by atoms with Gasteiger partial charge in [-0.2, -0.15) is 0 Å². The molecule has 0 spiro atoms. The summed E-state index contributed by atoms with van der Waals surface area (Å²) in [4.78, 5) is 6.87. The van der Waals surface area contributed by atoms with Crippen molar-refractivity contribution < 1.29 is 0 Å². The fraction of sp³-hybridized carbons (Fsp3) is 0.800. The van der Waals surface area contributed by atoms with E-state index >= 15 is 0 Å². The maximum Gasteiger partial charge on any atom is 0.0795 e. The zero-order valence-electron chi connectivity index (χ0n) is 12.3. The highest BCUT2D eigenvalue weighted by molar-refractivity contribution is 7.07. The van der Waals surface area contributed by atoms with Crippen LogP contribution in [0.15, 0.2) is 10.9 Å². The lowest BCUT2D eigenvalue weighted by molar-refractivity contribution is 0.0972. The predicted octanol–water partition coefficient (Wildman–Crippen LogP) is 3.26. The summed E-state index contributed by atoms with van der Waals surface area (Å²) in [6.45, 7) is 4.01. The van der Waals surface area contributed by atoms with Crippen molar-refractivity contribution in [3.8, 4) is 0 Å². The van der Waals surface area contributed by atoms with E-state index in [9.17, 15) is 0 Å². The minimum atomic E-state index is 0.188. The van der Waals surface area contributed by atoms with E-state index in [0.29, 0.717) is 0 Å². The molecule has 19 heavy (non-hydrogen) atoms. The largest absolute Gasteiger partial charge is 0.329 e. The zero-order valence-corrected chi connectivity index (χ0v) is 13.1. The molecule has 3 nitrogen and oxygen atoms in total. The molecule has 0 saturated heterocycles. The van der Waals surface area contributed by atoms with Crippen LogP contribution in [0.2, 0.25) is 0 Å². The molecular weight excluding hydrogens is 254 g/mol. The van der Waals surface area contributed by atoms with E-state index in [0.717, 1.165) is 19.0 Å². The molecule has 2 unspecified atom stereocenters. The van der Waals surface area contributed by atoms with E-state index in [4.69, 9.17) is 5.73 Å². The number of aromatic nitrogens is 1. The molecule has 0 aliphatic heterocycles. The Hall–Kier alpha value is -0.450. The molecule has 0 radical (unpaired) electrons. The number of thiazole rings is 1.